The van der Waals surface area contributed by atoms with Crippen LogP contribution in [0.1, 0.15) is 25.0 Å². The van der Waals surface area contributed by atoms with Gasteiger partial charge in [-0.3, -0.25) is 4.98 Å². The predicted octanol–water partition coefficient (Wildman–Crippen LogP) is 15.9. The van der Waals surface area contributed by atoms with Crippen molar-refractivity contribution in [3.05, 3.63) is 193 Å². The molecule has 0 amide bonds. The molecule has 0 atom stereocenters. The molecule has 9 aromatic carbocycles. The number of thiophene rings is 1. The van der Waals surface area contributed by atoms with E-state index < -0.39 is 0 Å². The zero-order valence-corrected chi connectivity index (χ0v) is 33.9. The highest BCUT2D eigenvalue weighted by Gasteiger charge is 2.37. The summed E-state index contributed by atoms with van der Waals surface area (Å²) in [5.74, 6) is 0. The Morgan fingerprint density at radius 1 is 0.433 bits per heavy atom. The molecule has 0 fully saturated rings. The highest BCUT2D eigenvalue weighted by atomic mass is 32.1. The number of fused-ring (bicyclic) bond motifs is 16. The molecule has 12 aromatic rings. The maximum atomic E-state index is 5.48. The van der Waals surface area contributed by atoms with Crippen LogP contribution in [0.25, 0.3) is 119 Å². The minimum Gasteiger partial charge on any atom is -0.253 e. The van der Waals surface area contributed by atoms with E-state index in [4.69, 9.17) is 9.97 Å². The van der Waals surface area contributed by atoms with Crippen LogP contribution in [0.3, 0.4) is 0 Å². The number of hydrogen-bond acceptors (Lipinski definition) is 3. The van der Waals surface area contributed by atoms with Crippen molar-refractivity contribution < 1.29 is 0 Å². The second-order valence-electron chi connectivity index (χ2n) is 16.8. The fourth-order valence-electron chi connectivity index (χ4n) is 10.4. The Labute approximate surface area is 351 Å². The lowest BCUT2D eigenvalue weighted by Crippen LogP contribution is -2.14. The number of nitrogens with zero attached hydrogens (tertiary/aromatic N) is 2. The van der Waals surface area contributed by atoms with Crippen molar-refractivity contribution in [3.8, 4) is 44.6 Å². The predicted molar refractivity (Wildman–Crippen MR) is 256 cm³/mol. The third kappa shape index (κ3) is 4.70. The van der Waals surface area contributed by atoms with E-state index in [-0.39, 0.29) is 5.41 Å². The first-order chi connectivity index (χ1) is 29.5. The van der Waals surface area contributed by atoms with Crippen molar-refractivity contribution in [3.63, 3.8) is 0 Å². The first-order valence-corrected chi connectivity index (χ1v) is 21.5. The van der Waals surface area contributed by atoms with E-state index in [9.17, 15) is 0 Å². The average Bonchev–Trinajstić information content (AvgIpc) is 3.80. The van der Waals surface area contributed by atoms with Gasteiger partial charge in [-0.05, 0) is 84.6 Å². The number of benzene rings is 9. The SMILES string of the molecule is CC1(C)c2cc(-c3ccc(-c4ccc5ccc6cc(-c7ccccc7)cnc6c5n4)c4c5ccccc5c5ccccc5c34)ccc2-c2c1ccc1c2sc2ccccc21. The Balaban J connectivity index is 1.05. The molecule has 0 saturated heterocycles. The molecular weight excluding hydrogens is 745 g/mol. The van der Waals surface area contributed by atoms with Gasteiger partial charge in [-0.15, -0.1) is 11.3 Å². The summed E-state index contributed by atoms with van der Waals surface area (Å²) in [6.45, 7) is 4.80. The molecule has 2 nitrogen and oxygen atoms in total. The molecule has 0 radical (unpaired) electrons. The van der Waals surface area contributed by atoms with Crippen molar-refractivity contribution in [1.82, 2.24) is 9.97 Å². The second-order valence-corrected chi connectivity index (χ2v) is 17.9. The maximum absolute atomic E-state index is 5.48. The number of hydrogen-bond donors (Lipinski definition) is 0. The van der Waals surface area contributed by atoms with Crippen LogP contribution in [0, 0.1) is 0 Å². The minimum absolute atomic E-state index is 0.150. The molecular formula is C57H36N2S. The standard InChI is InChI=1S/C57H36N2S/c1-57(2)47-28-27-44-41-16-10-11-19-50(41)60-56(44)53(47)45-24-22-35(31-48(45)57)38-25-26-46(52-43-18-9-7-15-40(43)39-14-6-8-17-42(39)51(38)52)49-29-23-34-20-21-36-30-37(33-12-4-3-5-13-33)32-58-54(36)55(34)59-49/h3-32H,1-2H3. The van der Waals surface area contributed by atoms with Crippen molar-refractivity contribution >= 4 is 85.6 Å². The monoisotopic (exact) mass is 780 g/mol. The summed E-state index contributed by atoms with van der Waals surface area (Å²) in [5, 5.41) is 12.3. The third-order valence-electron chi connectivity index (χ3n) is 13.3. The van der Waals surface area contributed by atoms with E-state index in [2.05, 4.69) is 184 Å². The molecule has 13 rings (SSSR count). The average molecular weight is 781 g/mol. The Kier molecular flexibility index (Phi) is 6.98. The number of rotatable bonds is 3. The molecule has 1 aliphatic carbocycles. The molecule has 0 unspecified atom stereocenters. The van der Waals surface area contributed by atoms with E-state index in [0.29, 0.717) is 0 Å². The van der Waals surface area contributed by atoms with Gasteiger partial charge < -0.3 is 0 Å². The number of pyridine rings is 2. The summed E-state index contributed by atoms with van der Waals surface area (Å²) < 4.78 is 2.74. The van der Waals surface area contributed by atoms with Crippen LogP contribution in [0.15, 0.2) is 182 Å². The molecule has 0 bridgehead atoms. The van der Waals surface area contributed by atoms with Crippen LogP contribution in [0.2, 0.25) is 0 Å². The molecule has 3 heterocycles. The summed E-state index contributed by atoms with van der Waals surface area (Å²) >= 11 is 1.93. The summed E-state index contributed by atoms with van der Waals surface area (Å²) in [6.07, 6.45) is 1.98. The van der Waals surface area contributed by atoms with E-state index >= 15 is 0 Å². The smallest absolute Gasteiger partial charge is 0.0972 e. The Morgan fingerprint density at radius 3 is 1.88 bits per heavy atom. The molecule has 0 spiro atoms. The van der Waals surface area contributed by atoms with Crippen LogP contribution < -0.4 is 0 Å². The lowest BCUT2D eigenvalue weighted by atomic mass is 9.80. The van der Waals surface area contributed by atoms with Gasteiger partial charge in [-0.1, -0.05) is 166 Å². The summed E-state index contributed by atoms with van der Waals surface area (Å²) in [5.41, 5.74) is 14.0. The Morgan fingerprint density at radius 2 is 1.08 bits per heavy atom. The van der Waals surface area contributed by atoms with Gasteiger partial charge in [0.1, 0.15) is 0 Å². The van der Waals surface area contributed by atoms with Crippen LogP contribution >= 0.6 is 11.3 Å². The Bertz CT molecular complexity index is 3800. The molecule has 1 aliphatic rings. The summed E-state index contributed by atoms with van der Waals surface area (Å²) in [6, 6.07) is 64.8. The van der Waals surface area contributed by atoms with Crippen molar-refractivity contribution in [2.75, 3.05) is 0 Å². The van der Waals surface area contributed by atoms with Crippen LogP contribution in [0.4, 0.5) is 0 Å². The van der Waals surface area contributed by atoms with Gasteiger partial charge in [-0.2, -0.15) is 0 Å². The molecule has 60 heavy (non-hydrogen) atoms. The van der Waals surface area contributed by atoms with Gasteiger partial charge in [0.25, 0.3) is 0 Å². The van der Waals surface area contributed by atoms with E-state index in [1.54, 1.807) is 0 Å². The van der Waals surface area contributed by atoms with Gasteiger partial charge in [0, 0.05) is 64.6 Å². The molecule has 0 aliphatic heterocycles. The first-order valence-electron chi connectivity index (χ1n) is 20.7. The van der Waals surface area contributed by atoms with E-state index in [0.717, 1.165) is 44.2 Å². The zero-order valence-electron chi connectivity index (χ0n) is 33.1. The van der Waals surface area contributed by atoms with Gasteiger partial charge >= 0.3 is 0 Å². The van der Waals surface area contributed by atoms with Crippen molar-refractivity contribution in [2.24, 2.45) is 0 Å². The first kappa shape index (κ1) is 33.7. The quantitative estimate of drug-likeness (QED) is 0.167. The van der Waals surface area contributed by atoms with Crippen LogP contribution in [-0.2, 0) is 5.41 Å². The highest BCUT2D eigenvalue weighted by Crippen LogP contribution is 2.55. The van der Waals surface area contributed by atoms with Gasteiger partial charge in [0.05, 0.1) is 16.7 Å². The van der Waals surface area contributed by atoms with E-state index in [1.165, 1.54) is 85.9 Å². The van der Waals surface area contributed by atoms with E-state index in [1.807, 2.05) is 23.6 Å². The molecule has 0 saturated carbocycles. The van der Waals surface area contributed by atoms with Crippen molar-refractivity contribution in [2.45, 2.75) is 19.3 Å². The largest absolute Gasteiger partial charge is 0.253 e. The highest BCUT2D eigenvalue weighted by molar-refractivity contribution is 7.26. The molecule has 280 valence electrons. The van der Waals surface area contributed by atoms with Gasteiger partial charge in [0.15, 0.2) is 0 Å². The normalized spacial score (nSPS) is 13.3. The zero-order chi connectivity index (χ0) is 39.7. The van der Waals surface area contributed by atoms with Gasteiger partial charge in [0.2, 0.25) is 0 Å². The maximum Gasteiger partial charge on any atom is 0.0972 e. The van der Waals surface area contributed by atoms with Crippen LogP contribution in [-0.4, -0.2) is 9.97 Å². The van der Waals surface area contributed by atoms with Crippen molar-refractivity contribution in [1.29, 1.82) is 0 Å². The fraction of sp³-hybridized carbons (Fsp3) is 0.0526. The number of aromatic nitrogens is 2. The Hall–Kier alpha value is -7.20. The molecule has 3 heteroatoms. The minimum atomic E-state index is -0.150. The summed E-state index contributed by atoms with van der Waals surface area (Å²) in [7, 11) is 0. The topological polar surface area (TPSA) is 25.8 Å². The summed E-state index contributed by atoms with van der Waals surface area (Å²) in [4.78, 5) is 10.5. The molecule has 0 N–H and O–H groups in total. The van der Waals surface area contributed by atoms with Gasteiger partial charge in [-0.25, -0.2) is 4.98 Å². The fourth-order valence-corrected chi connectivity index (χ4v) is 11.6. The third-order valence-corrected chi connectivity index (χ3v) is 14.5. The lowest BCUT2D eigenvalue weighted by Gasteiger charge is -2.23. The van der Waals surface area contributed by atoms with Crippen LogP contribution in [0.5, 0.6) is 0 Å². The lowest BCUT2D eigenvalue weighted by molar-refractivity contribution is 0.661. The molecule has 3 aromatic heterocycles. The second kappa shape index (κ2) is 12.4.